The molecule has 2 fully saturated rings. The fraction of sp³-hybridized carbons (Fsp3) is 1.00. The highest BCUT2D eigenvalue weighted by atomic mass is 16.8. The summed E-state index contributed by atoms with van der Waals surface area (Å²) in [4.78, 5) is 0. The molecule has 3 heteroatoms. The summed E-state index contributed by atoms with van der Waals surface area (Å²) in [6.45, 7) is 2.06. The van der Waals surface area contributed by atoms with Gasteiger partial charge in [-0.15, -0.1) is 0 Å². The van der Waals surface area contributed by atoms with Crippen molar-refractivity contribution in [2.75, 3.05) is 20.0 Å². The molecule has 0 amide bonds. The lowest BCUT2D eigenvalue weighted by molar-refractivity contribution is -0.278. The lowest BCUT2D eigenvalue weighted by Crippen LogP contribution is -2.39. The van der Waals surface area contributed by atoms with Gasteiger partial charge in [-0.05, 0) is 12.8 Å². The Balaban J connectivity index is 1.93. The predicted octanol–water partition coefficient (Wildman–Crippen LogP) is 0.743. The third-order valence-corrected chi connectivity index (χ3v) is 2.03. The van der Waals surface area contributed by atoms with E-state index in [1.807, 2.05) is 0 Å². The molecule has 2 rings (SSSR count). The molecule has 2 aliphatic heterocycles. The van der Waals surface area contributed by atoms with Crippen molar-refractivity contribution >= 4 is 0 Å². The van der Waals surface area contributed by atoms with E-state index in [4.69, 9.17) is 14.2 Å². The number of ether oxygens (including phenoxy) is 3. The molecule has 0 saturated carbocycles. The second-order valence-electron chi connectivity index (χ2n) is 2.80. The maximum Gasteiger partial charge on any atom is 0.165 e. The van der Waals surface area contributed by atoms with E-state index in [1.54, 1.807) is 0 Å². The lowest BCUT2D eigenvalue weighted by Gasteiger charge is -2.34. The molecule has 0 aromatic rings. The third-order valence-electron chi connectivity index (χ3n) is 2.03. The van der Waals surface area contributed by atoms with Crippen LogP contribution in [0.1, 0.15) is 12.8 Å². The smallest absolute Gasteiger partial charge is 0.165 e. The third kappa shape index (κ3) is 1.17. The number of hydrogen-bond donors (Lipinski definition) is 0. The van der Waals surface area contributed by atoms with Crippen LogP contribution in [-0.2, 0) is 14.2 Å². The average molecular weight is 144 g/mol. The van der Waals surface area contributed by atoms with E-state index in [9.17, 15) is 0 Å². The topological polar surface area (TPSA) is 27.7 Å². The minimum absolute atomic E-state index is 0.0301. The van der Waals surface area contributed by atoms with Crippen LogP contribution in [0.5, 0.6) is 0 Å². The van der Waals surface area contributed by atoms with Crippen molar-refractivity contribution in [2.24, 2.45) is 5.92 Å². The minimum Gasteiger partial charge on any atom is -0.355 e. The molecule has 58 valence electrons. The first-order chi connectivity index (χ1) is 4.97. The van der Waals surface area contributed by atoms with Gasteiger partial charge >= 0.3 is 0 Å². The molecular formula is C7H12O3. The maximum atomic E-state index is 5.38. The van der Waals surface area contributed by atoms with Crippen LogP contribution < -0.4 is 0 Å². The van der Waals surface area contributed by atoms with Crippen molar-refractivity contribution in [3.05, 3.63) is 0 Å². The molecule has 0 N–H and O–H groups in total. The van der Waals surface area contributed by atoms with Crippen molar-refractivity contribution in [3.63, 3.8) is 0 Å². The van der Waals surface area contributed by atoms with Gasteiger partial charge in [-0.3, -0.25) is 0 Å². The Kier molecular flexibility index (Phi) is 1.88. The van der Waals surface area contributed by atoms with Crippen LogP contribution in [-0.4, -0.2) is 26.3 Å². The molecule has 3 nitrogen and oxygen atoms in total. The summed E-state index contributed by atoms with van der Waals surface area (Å²) in [7, 11) is 0. The van der Waals surface area contributed by atoms with Crippen LogP contribution in [0.25, 0.3) is 0 Å². The van der Waals surface area contributed by atoms with Gasteiger partial charge in [0.15, 0.2) is 6.29 Å². The minimum atomic E-state index is 0.0301. The molecule has 0 radical (unpaired) electrons. The summed E-state index contributed by atoms with van der Waals surface area (Å²) in [5.41, 5.74) is 0. The van der Waals surface area contributed by atoms with Gasteiger partial charge in [0.1, 0.15) is 6.79 Å². The van der Waals surface area contributed by atoms with E-state index < -0.39 is 0 Å². The first-order valence-corrected chi connectivity index (χ1v) is 3.78. The van der Waals surface area contributed by atoms with Gasteiger partial charge in [-0.25, -0.2) is 0 Å². The molecule has 2 unspecified atom stereocenters. The molecule has 0 aromatic carbocycles. The highest BCUT2D eigenvalue weighted by Crippen LogP contribution is 2.24. The first kappa shape index (κ1) is 6.58. The Morgan fingerprint density at radius 1 is 1.20 bits per heavy atom. The largest absolute Gasteiger partial charge is 0.355 e. The highest BCUT2D eigenvalue weighted by Gasteiger charge is 2.29. The lowest BCUT2D eigenvalue weighted by atomic mass is 10.0. The summed E-state index contributed by atoms with van der Waals surface area (Å²) < 4.78 is 15.8. The Morgan fingerprint density at radius 2 is 2.20 bits per heavy atom. The molecule has 0 spiro atoms. The van der Waals surface area contributed by atoms with Gasteiger partial charge in [0.25, 0.3) is 0 Å². The van der Waals surface area contributed by atoms with E-state index in [0.29, 0.717) is 12.7 Å². The van der Waals surface area contributed by atoms with Crippen molar-refractivity contribution < 1.29 is 14.2 Å². The molecule has 2 saturated heterocycles. The molecule has 10 heavy (non-hydrogen) atoms. The van der Waals surface area contributed by atoms with Gasteiger partial charge in [0, 0.05) is 12.5 Å². The molecule has 0 bridgehead atoms. The number of hydrogen-bond acceptors (Lipinski definition) is 3. The van der Waals surface area contributed by atoms with E-state index in [1.165, 1.54) is 6.42 Å². The average Bonchev–Trinajstić information content (AvgIpc) is 2.05. The first-order valence-electron chi connectivity index (χ1n) is 3.78. The summed E-state index contributed by atoms with van der Waals surface area (Å²) in [5, 5.41) is 0. The van der Waals surface area contributed by atoms with Crippen LogP contribution in [0.15, 0.2) is 0 Å². The SMILES string of the molecule is C1COC2OCOCC2C1. The molecule has 2 heterocycles. The quantitative estimate of drug-likeness (QED) is 0.502. The van der Waals surface area contributed by atoms with Crippen LogP contribution in [0.2, 0.25) is 0 Å². The normalized spacial score (nSPS) is 40.8. The Labute approximate surface area is 60.3 Å². The van der Waals surface area contributed by atoms with Crippen LogP contribution in [0, 0.1) is 5.92 Å². The predicted molar refractivity (Wildman–Crippen MR) is 34.4 cm³/mol. The van der Waals surface area contributed by atoms with Crippen LogP contribution >= 0.6 is 0 Å². The summed E-state index contributed by atoms with van der Waals surface area (Å²) in [5.74, 6) is 0.488. The van der Waals surface area contributed by atoms with Crippen LogP contribution in [0.4, 0.5) is 0 Å². The van der Waals surface area contributed by atoms with Crippen molar-refractivity contribution in [3.8, 4) is 0 Å². The van der Waals surface area contributed by atoms with Gasteiger partial charge in [-0.2, -0.15) is 0 Å². The van der Waals surface area contributed by atoms with Crippen molar-refractivity contribution in [1.29, 1.82) is 0 Å². The summed E-state index contributed by atoms with van der Waals surface area (Å²) in [6.07, 6.45) is 2.36. The van der Waals surface area contributed by atoms with Crippen molar-refractivity contribution in [2.45, 2.75) is 19.1 Å². The van der Waals surface area contributed by atoms with E-state index >= 15 is 0 Å². The molecule has 2 atom stereocenters. The molecule has 0 aromatic heterocycles. The van der Waals surface area contributed by atoms with Crippen molar-refractivity contribution in [1.82, 2.24) is 0 Å². The molecular weight excluding hydrogens is 132 g/mol. The standard InChI is InChI=1S/C7H12O3/c1-2-6-4-8-5-10-7(6)9-3-1/h6-7H,1-5H2. The fourth-order valence-electron chi connectivity index (χ4n) is 1.48. The summed E-state index contributed by atoms with van der Waals surface area (Å²) >= 11 is 0. The maximum absolute atomic E-state index is 5.38. The Morgan fingerprint density at radius 3 is 3.10 bits per heavy atom. The van der Waals surface area contributed by atoms with Gasteiger partial charge in [0.05, 0.1) is 6.61 Å². The van der Waals surface area contributed by atoms with Gasteiger partial charge in [0.2, 0.25) is 0 Å². The molecule has 0 aliphatic carbocycles. The summed E-state index contributed by atoms with van der Waals surface area (Å²) in [6, 6.07) is 0. The highest BCUT2D eigenvalue weighted by molar-refractivity contribution is 4.68. The fourth-order valence-corrected chi connectivity index (χ4v) is 1.48. The van der Waals surface area contributed by atoms with Gasteiger partial charge < -0.3 is 14.2 Å². The van der Waals surface area contributed by atoms with E-state index in [2.05, 4.69) is 0 Å². The number of rotatable bonds is 0. The second-order valence-corrected chi connectivity index (χ2v) is 2.80. The zero-order valence-corrected chi connectivity index (χ0v) is 5.91. The Bertz CT molecular complexity index is 89.4. The number of fused-ring (bicyclic) bond motifs is 1. The molecule has 2 aliphatic rings. The zero-order valence-electron chi connectivity index (χ0n) is 5.91. The van der Waals surface area contributed by atoms with E-state index in [0.717, 1.165) is 19.6 Å². The second kappa shape index (κ2) is 2.86. The Hall–Kier alpha value is -0.120. The zero-order chi connectivity index (χ0) is 6.81. The monoisotopic (exact) mass is 144 g/mol. The van der Waals surface area contributed by atoms with Crippen LogP contribution in [0.3, 0.4) is 0 Å². The van der Waals surface area contributed by atoms with Gasteiger partial charge in [-0.1, -0.05) is 0 Å². The van der Waals surface area contributed by atoms with E-state index in [-0.39, 0.29) is 6.29 Å².